The maximum atomic E-state index is 4.62. The first-order chi connectivity index (χ1) is 2.73. The first kappa shape index (κ1) is 9.87. The zero-order valence-corrected chi connectivity index (χ0v) is 8.75. The van der Waals surface area contributed by atoms with Crippen molar-refractivity contribution in [3.63, 3.8) is 0 Å². The van der Waals surface area contributed by atoms with Crippen LogP contribution in [-0.2, 0) is 0 Å². The van der Waals surface area contributed by atoms with Crippen LogP contribution in [0.3, 0.4) is 0 Å². The molecule has 0 aromatic heterocycles. The fraction of sp³-hybridized carbons (Fsp3) is 1.00. The van der Waals surface area contributed by atoms with Gasteiger partial charge in [-0.25, -0.2) is 0 Å². The molecule has 2 radical (unpaired) electrons. The van der Waals surface area contributed by atoms with E-state index in [1.807, 2.05) is 0 Å². The molecule has 6 heavy (non-hydrogen) atoms. The van der Waals surface area contributed by atoms with E-state index < -0.39 is 0 Å². The second-order valence-corrected chi connectivity index (χ2v) is 4.50. The van der Waals surface area contributed by atoms with Crippen molar-refractivity contribution in [3.8, 4) is 0 Å². The van der Waals surface area contributed by atoms with Gasteiger partial charge >= 0.3 is 21.4 Å². The van der Waals surface area contributed by atoms with Gasteiger partial charge in [-0.1, -0.05) is 19.6 Å². The van der Waals surface area contributed by atoms with Gasteiger partial charge in [0.2, 0.25) is 0 Å². The minimum absolute atomic E-state index is 0.120. The third-order valence-corrected chi connectivity index (χ3v) is 0. The van der Waals surface area contributed by atoms with Crippen molar-refractivity contribution in [1.82, 2.24) is 0 Å². The topological polar surface area (TPSA) is 26.0 Å². The minimum atomic E-state index is 0.120. The van der Waals surface area contributed by atoms with E-state index in [2.05, 4.69) is 24.3 Å². The molecule has 0 aromatic carbocycles. The van der Waals surface area contributed by atoms with Crippen molar-refractivity contribution in [2.75, 3.05) is 0 Å². The molecule has 0 atom stereocenters. The molecule has 2 N–H and O–H groups in total. The third kappa shape index (κ3) is 126. The van der Waals surface area contributed by atoms with Crippen LogP contribution in [0.1, 0.15) is 0 Å². The van der Waals surface area contributed by atoms with E-state index in [1.165, 1.54) is 0 Å². The summed E-state index contributed by atoms with van der Waals surface area (Å²) in [5.41, 5.74) is 0. The molecule has 0 aliphatic heterocycles. The van der Waals surface area contributed by atoms with Crippen LogP contribution in [0.4, 0.5) is 0 Å². The van der Waals surface area contributed by atoms with Crippen molar-refractivity contribution >= 4 is 25.5 Å². The fourth-order valence-corrected chi connectivity index (χ4v) is 0. The molecule has 0 aromatic rings. The van der Waals surface area contributed by atoms with Crippen LogP contribution in [0.15, 0.2) is 0 Å². The average Bonchev–Trinajstić information content (AvgIpc) is 1.41. The van der Waals surface area contributed by atoms with E-state index in [0.29, 0.717) is 0 Å². The Hall–Kier alpha value is 0.720. The van der Waals surface area contributed by atoms with E-state index in [9.17, 15) is 0 Å². The van der Waals surface area contributed by atoms with Gasteiger partial charge in [0.15, 0.2) is 0 Å². The predicted octanol–water partition coefficient (Wildman–Crippen LogP) is -0.136. The molecule has 0 rings (SSSR count). The van der Waals surface area contributed by atoms with Crippen molar-refractivity contribution in [2.45, 2.75) is 19.6 Å². The molecule has 0 heterocycles. The Kier molecular flexibility index (Phi) is 15.1. The molecule has 0 unspecified atom stereocenters. The molecule has 0 fully saturated rings. The van der Waals surface area contributed by atoms with E-state index in [0.717, 1.165) is 16.7 Å². The zero-order chi connectivity index (χ0) is 5.58. The summed E-state index contributed by atoms with van der Waals surface area (Å²) < 4.78 is 4.62. The number of hydrogen-bond donors (Lipinski definition) is 1. The van der Waals surface area contributed by atoms with E-state index in [4.69, 9.17) is 0 Å². The Balaban J connectivity index is 0. The third-order valence-electron chi connectivity index (χ3n) is 0. The standard InChI is InChI=1S/C3H9Si.GeH4N/c1-4(2)3;1-2/h1-3H3;1-2H2. The predicted molar refractivity (Wildman–Crippen MR) is 36.1 cm³/mol. The second-order valence-electron chi connectivity index (χ2n) is 1.50. The summed E-state index contributed by atoms with van der Waals surface area (Å²) in [5.74, 6) is 0. The summed E-state index contributed by atoms with van der Waals surface area (Å²) in [7, 11) is 0.120. The number of hydrogen-bond acceptors (Lipinski definition) is 1. The molecule has 0 aliphatic carbocycles. The molecule has 0 aliphatic rings. The zero-order valence-electron chi connectivity index (χ0n) is 4.78. The van der Waals surface area contributed by atoms with Crippen LogP contribution in [-0.4, -0.2) is 25.5 Å². The van der Waals surface area contributed by atoms with Crippen molar-refractivity contribution < 1.29 is 0 Å². The van der Waals surface area contributed by atoms with E-state index >= 15 is 0 Å². The number of nitrogens with two attached hydrogens (primary N) is 1. The molecule has 0 amide bonds. The summed E-state index contributed by atoms with van der Waals surface area (Å²) in [4.78, 5) is 0. The van der Waals surface area contributed by atoms with Gasteiger partial charge in [0.1, 0.15) is 0 Å². The van der Waals surface area contributed by atoms with Crippen molar-refractivity contribution in [1.29, 1.82) is 0 Å². The van der Waals surface area contributed by atoms with Crippen LogP contribution in [0, 0.1) is 0 Å². The Morgan fingerprint density at radius 2 is 1.17 bits per heavy atom. The van der Waals surface area contributed by atoms with Gasteiger partial charge in [0.25, 0.3) is 0 Å². The van der Waals surface area contributed by atoms with Crippen LogP contribution >= 0.6 is 0 Å². The van der Waals surface area contributed by atoms with Crippen molar-refractivity contribution in [3.05, 3.63) is 0 Å². The fourth-order valence-electron chi connectivity index (χ4n) is 0. The van der Waals surface area contributed by atoms with Gasteiger partial charge in [-0.15, -0.1) is 0 Å². The average molecular weight is 164 g/mol. The van der Waals surface area contributed by atoms with Crippen LogP contribution in [0.5, 0.6) is 0 Å². The molecular weight excluding hydrogens is 151 g/mol. The quantitative estimate of drug-likeness (QED) is 0.495. The van der Waals surface area contributed by atoms with E-state index in [1.54, 1.807) is 0 Å². The molecular formula is C3H13GeNSi. The van der Waals surface area contributed by atoms with Crippen LogP contribution in [0.2, 0.25) is 19.6 Å². The van der Waals surface area contributed by atoms with Crippen molar-refractivity contribution in [2.24, 2.45) is 4.69 Å². The first-order valence-electron chi connectivity index (χ1n) is 1.91. The molecule has 3 heteroatoms. The SMILES string of the molecule is C[Si](C)C.[NH2][GeH2]. The molecule has 0 saturated carbocycles. The van der Waals surface area contributed by atoms with Gasteiger partial charge in [0, 0.05) is 8.80 Å². The summed E-state index contributed by atoms with van der Waals surface area (Å²) in [6.45, 7) is 6.81. The second kappa shape index (κ2) is 9.21. The van der Waals surface area contributed by atoms with Gasteiger partial charge in [-0.2, -0.15) is 0 Å². The summed E-state index contributed by atoms with van der Waals surface area (Å²) in [6, 6.07) is 0. The van der Waals surface area contributed by atoms with Gasteiger partial charge in [0.05, 0.1) is 0 Å². The van der Waals surface area contributed by atoms with Crippen LogP contribution in [0.25, 0.3) is 0 Å². The maximum absolute atomic E-state index is 4.62. The summed E-state index contributed by atoms with van der Waals surface area (Å²) in [5, 5.41) is 0. The molecule has 38 valence electrons. The Morgan fingerprint density at radius 3 is 1.17 bits per heavy atom. The number of rotatable bonds is 0. The van der Waals surface area contributed by atoms with Crippen LogP contribution < -0.4 is 4.69 Å². The first-order valence-corrected chi connectivity index (χ1v) is 6.62. The van der Waals surface area contributed by atoms with E-state index in [-0.39, 0.29) is 8.80 Å². The van der Waals surface area contributed by atoms with Gasteiger partial charge in [-0.05, 0) is 0 Å². The molecule has 0 spiro atoms. The summed E-state index contributed by atoms with van der Waals surface area (Å²) in [6.07, 6.45) is 0. The molecule has 0 saturated heterocycles. The Bertz CT molecular complexity index is 15.5. The summed E-state index contributed by atoms with van der Waals surface area (Å²) >= 11 is 0.875. The Labute approximate surface area is 50.4 Å². The molecule has 1 nitrogen and oxygen atoms in total. The molecule has 0 bridgehead atoms. The normalized spacial score (nSPS) is 7.00. The van der Waals surface area contributed by atoms with Gasteiger partial charge in [-0.3, -0.25) is 0 Å². The van der Waals surface area contributed by atoms with Gasteiger partial charge < -0.3 is 0 Å². The monoisotopic (exact) mass is 165 g/mol. The Morgan fingerprint density at radius 1 is 1.17 bits per heavy atom.